The van der Waals surface area contributed by atoms with Gasteiger partial charge in [-0.05, 0) is 42.9 Å². The maximum atomic E-state index is 8.64. The van der Waals surface area contributed by atoms with Gasteiger partial charge in [-0.3, -0.25) is 0 Å². The second-order valence-corrected chi connectivity index (χ2v) is 3.69. The molecule has 0 aliphatic carbocycles. The topological polar surface area (TPSA) is 53.5 Å². The monoisotopic (exact) mass is 240 g/mol. The maximum absolute atomic E-state index is 8.64. The van der Waals surface area contributed by atoms with Gasteiger partial charge in [0, 0.05) is 12.2 Å². The Morgan fingerprint density at radius 3 is 2.81 bits per heavy atom. The Hall–Kier alpha value is -1.33. The smallest absolute Gasteiger partial charge is 0.170 e. The molecule has 0 heterocycles. The van der Waals surface area contributed by atoms with Crippen molar-refractivity contribution in [2.24, 2.45) is 0 Å². The van der Waals surface area contributed by atoms with Crippen molar-refractivity contribution in [1.29, 1.82) is 0 Å². The van der Waals surface area contributed by atoms with Gasteiger partial charge in [0.2, 0.25) is 0 Å². The first-order valence-electron chi connectivity index (χ1n) is 4.97. The van der Waals surface area contributed by atoms with Crippen LogP contribution >= 0.6 is 12.2 Å². The summed E-state index contributed by atoms with van der Waals surface area (Å²) in [6, 6.07) is 5.70. The van der Waals surface area contributed by atoms with Crippen LogP contribution in [0.25, 0.3) is 0 Å². The predicted molar refractivity (Wildman–Crippen MR) is 69.0 cm³/mol. The number of anilines is 1. The number of benzene rings is 1. The summed E-state index contributed by atoms with van der Waals surface area (Å²) in [7, 11) is 1.63. The van der Waals surface area contributed by atoms with E-state index in [1.807, 2.05) is 25.1 Å². The highest BCUT2D eigenvalue weighted by molar-refractivity contribution is 7.80. The number of thiocarbonyl (C=S) groups is 1. The van der Waals surface area contributed by atoms with Crippen LogP contribution in [0.1, 0.15) is 5.56 Å². The van der Waals surface area contributed by atoms with E-state index in [1.54, 1.807) is 7.11 Å². The third-order valence-electron chi connectivity index (χ3n) is 2.08. The van der Waals surface area contributed by atoms with Gasteiger partial charge in [-0.2, -0.15) is 0 Å². The summed E-state index contributed by atoms with van der Waals surface area (Å²) in [4.78, 5) is 0. The summed E-state index contributed by atoms with van der Waals surface area (Å²) in [5, 5.41) is 15.1. The molecule has 0 aliphatic rings. The van der Waals surface area contributed by atoms with E-state index in [-0.39, 0.29) is 6.61 Å². The highest BCUT2D eigenvalue weighted by Crippen LogP contribution is 2.20. The molecule has 0 amide bonds. The molecular weight excluding hydrogens is 224 g/mol. The van der Waals surface area contributed by atoms with Crippen molar-refractivity contribution in [2.75, 3.05) is 25.6 Å². The van der Waals surface area contributed by atoms with E-state index in [2.05, 4.69) is 10.6 Å². The molecule has 1 aromatic carbocycles. The normalized spacial score (nSPS) is 9.69. The van der Waals surface area contributed by atoms with Gasteiger partial charge < -0.3 is 20.5 Å². The van der Waals surface area contributed by atoms with Crippen LogP contribution in [0, 0.1) is 6.92 Å². The van der Waals surface area contributed by atoms with Crippen LogP contribution < -0.4 is 15.4 Å². The highest BCUT2D eigenvalue weighted by Gasteiger charge is 2.02. The third kappa shape index (κ3) is 3.67. The predicted octanol–water partition coefficient (Wildman–Crippen LogP) is 1.28. The lowest BCUT2D eigenvalue weighted by Crippen LogP contribution is -2.30. The molecule has 88 valence electrons. The van der Waals surface area contributed by atoms with Crippen LogP contribution in [0.4, 0.5) is 5.69 Å². The molecule has 0 spiro atoms. The number of hydrogen-bond donors (Lipinski definition) is 3. The summed E-state index contributed by atoms with van der Waals surface area (Å²) in [6.45, 7) is 2.48. The first kappa shape index (κ1) is 12.7. The van der Waals surface area contributed by atoms with Crippen molar-refractivity contribution in [3.63, 3.8) is 0 Å². The molecule has 0 saturated carbocycles. The lowest BCUT2D eigenvalue weighted by molar-refractivity contribution is 0.301. The summed E-state index contributed by atoms with van der Waals surface area (Å²) in [6.07, 6.45) is 0. The molecule has 0 bridgehead atoms. The summed E-state index contributed by atoms with van der Waals surface area (Å²) in [5.74, 6) is 0.817. The van der Waals surface area contributed by atoms with E-state index in [0.717, 1.165) is 17.0 Å². The van der Waals surface area contributed by atoms with Gasteiger partial charge in [0.1, 0.15) is 5.75 Å². The lowest BCUT2D eigenvalue weighted by atomic mass is 10.2. The van der Waals surface area contributed by atoms with E-state index in [0.29, 0.717) is 11.7 Å². The average molecular weight is 240 g/mol. The van der Waals surface area contributed by atoms with Crippen LogP contribution in [0.3, 0.4) is 0 Å². The molecule has 0 aliphatic heterocycles. The third-order valence-corrected chi connectivity index (χ3v) is 2.33. The number of methoxy groups -OCH3 is 1. The summed E-state index contributed by atoms with van der Waals surface area (Å²) < 4.78 is 5.11. The second kappa shape index (κ2) is 6.30. The molecule has 3 N–H and O–H groups in total. The fourth-order valence-corrected chi connectivity index (χ4v) is 1.45. The molecule has 16 heavy (non-hydrogen) atoms. The standard InChI is InChI=1S/C11H16N2O2S/c1-8-7-9(15-2)3-4-10(8)13-11(16)12-5-6-14/h3-4,7,14H,5-6H2,1-2H3,(H2,12,13,16). The number of ether oxygens (including phenoxy) is 1. The number of rotatable bonds is 4. The van der Waals surface area contributed by atoms with Gasteiger partial charge >= 0.3 is 0 Å². The Bertz CT molecular complexity index is 369. The highest BCUT2D eigenvalue weighted by atomic mass is 32.1. The van der Waals surface area contributed by atoms with Gasteiger partial charge in [-0.15, -0.1) is 0 Å². The number of nitrogens with one attached hydrogen (secondary N) is 2. The second-order valence-electron chi connectivity index (χ2n) is 3.29. The Kier molecular flexibility index (Phi) is 5.01. The van der Waals surface area contributed by atoms with E-state index >= 15 is 0 Å². The van der Waals surface area contributed by atoms with Crippen molar-refractivity contribution in [3.8, 4) is 5.75 Å². The molecule has 0 atom stereocenters. The van der Waals surface area contributed by atoms with Crippen LogP contribution in [0.5, 0.6) is 5.75 Å². The van der Waals surface area contributed by atoms with Crippen LogP contribution in [-0.4, -0.2) is 30.5 Å². The minimum Gasteiger partial charge on any atom is -0.497 e. The number of aliphatic hydroxyl groups excluding tert-OH is 1. The molecule has 0 radical (unpaired) electrons. The Morgan fingerprint density at radius 2 is 2.25 bits per heavy atom. The van der Waals surface area contributed by atoms with Crippen molar-refractivity contribution >= 4 is 23.0 Å². The molecule has 1 aromatic rings. The Balaban J connectivity index is 2.63. The first-order chi connectivity index (χ1) is 7.67. The first-order valence-corrected chi connectivity index (χ1v) is 5.38. The van der Waals surface area contributed by atoms with Gasteiger partial charge in [0.25, 0.3) is 0 Å². The van der Waals surface area contributed by atoms with Crippen LogP contribution in [0.15, 0.2) is 18.2 Å². The molecular formula is C11H16N2O2S. The summed E-state index contributed by atoms with van der Waals surface area (Å²) in [5.41, 5.74) is 1.98. The molecule has 0 aromatic heterocycles. The van der Waals surface area contributed by atoms with E-state index in [1.165, 1.54) is 0 Å². The zero-order valence-electron chi connectivity index (χ0n) is 9.41. The quantitative estimate of drug-likeness (QED) is 0.692. The maximum Gasteiger partial charge on any atom is 0.170 e. The summed E-state index contributed by atoms with van der Waals surface area (Å²) >= 11 is 5.06. The van der Waals surface area contributed by atoms with Crippen molar-refractivity contribution < 1.29 is 9.84 Å². The van der Waals surface area contributed by atoms with E-state index in [4.69, 9.17) is 22.1 Å². The zero-order valence-corrected chi connectivity index (χ0v) is 10.2. The van der Waals surface area contributed by atoms with Crippen LogP contribution in [-0.2, 0) is 0 Å². The molecule has 5 heteroatoms. The largest absolute Gasteiger partial charge is 0.497 e. The van der Waals surface area contributed by atoms with Crippen molar-refractivity contribution in [3.05, 3.63) is 23.8 Å². The number of hydrogen-bond acceptors (Lipinski definition) is 3. The molecule has 0 unspecified atom stereocenters. The number of aliphatic hydroxyl groups is 1. The van der Waals surface area contributed by atoms with Gasteiger partial charge in [0.05, 0.1) is 13.7 Å². The van der Waals surface area contributed by atoms with Crippen molar-refractivity contribution in [2.45, 2.75) is 6.92 Å². The lowest BCUT2D eigenvalue weighted by Gasteiger charge is -2.12. The molecule has 0 saturated heterocycles. The Labute approximate surface area is 101 Å². The van der Waals surface area contributed by atoms with Gasteiger partial charge in [-0.1, -0.05) is 0 Å². The van der Waals surface area contributed by atoms with E-state index < -0.39 is 0 Å². The van der Waals surface area contributed by atoms with Gasteiger partial charge in [0.15, 0.2) is 5.11 Å². The zero-order chi connectivity index (χ0) is 12.0. The Morgan fingerprint density at radius 1 is 1.50 bits per heavy atom. The number of aryl methyl sites for hydroxylation is 1. The average Bonchev–Trinajstić information content (AvgIpc) is 2.29. The molecule has 1 rings (SSSR count). The minimum atomic E-state index is 0.0589. The fraction of sp³-hybridized carbons (Fsp3) is 0.364. The van der Waals surface area contributed by atoms with Gasteiger partial charge in [-0.25, -0.2) is 0 Å². The SMILES string of the molecule is COc1ccc(NC(=S)NCCO)c(C)c1. The van der Waals surface area contributed by atoms with Crippen molar-refractivity contribution in [1.82, 2.24) is 5.32 Å². The van der Waals surface area contributed by atoms with Crippen LogP contribution in [0.2, 0.25) is 0 Å². The minimum absolute atomic E-state index is 0.0589. The fourth-order valence-electron chi connectivity index (χ4n) is 1.24. The molecule has 4 nitrogen and oxygen atoms in total. The van der Waals surface area contributed by atoms with E-state index in [9.17, 15) is 0 Å². The molecule has 0 fully saturated rings.